The molecule has 0 radical (unpaired) electrons. The van der Waals surface area contributed by atoms with E-state index in [-0.39, 0.29) is 42.6 Å². The van der Waals surface area contributed by atoms with Gasteiger partial charge >= 0.3 is 0 Å². The van der Waals surface area contributed by atoms with Gasteiger partial charge in [0.15, 0.2) is 0 Å². The van der Waals surface area contributed by atoms with Crippen molar-refractivity contribution in [3.05, 3.63) is 59.7 Å². The summed E-state index contributed by atoms with van der Waals surface area (Å²) in [4.78, 5) is 27.6. The second kappa shape index (κ2) is 9.44. The van der Waals surface area contributed by atoms with E-state index < -0.39 is 10.0 Å². The Balaban J connectivity index is 1.49. The van der Waals surface area contributed by atoms with Crippen LogP contribution in [0, 0.1) is 13.8 Å². The number of anilines is 1. The SMILES string of the molecule is Cc1ccc(S(=O)(=O)N2CCCN(C(=O)C3=NN(c4cccc(C)c4)C(=O)CC3)CC2)cc1. The number of benzene rings is 2. The molecule has 0 bridgehead atoms. The Morgan fingerprint density at radius 1 is 0.909 bits per heavy atom. The lowest BCUT2D eigenvalue weighted by Gasteiger charge is -2.27. The molecule has 2 amide bonds. The van der Waals surface area contributed by atoms with Crippen LogP contribution in [0.5, 0.6) is 0 Å². The van der Waals surface area contributed by atoms with E-state index in [0.29, 0.717) is 30.9 Å². The van der Waals surface area contributed by atoms with Gasteiger partial charge in [-0.25, -0.2) is 13.4 Å². The summed E-state index contributed by atoms with van der Waals surface area (Å²) in [6, 6.07) is 14.2. The molecule has 8 nitrogen and oxygen atoms in total. The second-order valence-electron chi connectivity index (χ2n) is 8.45. The number of amides is 2. The first kappa shape index (κ1) is 23.1. The quantitative estimate of drug-likeness (QED) is 0.690. The van der Waals surface area contributed by atoms with Crippen LogP contribution >= 0.6 is 0 Å². The summed E-state index contributed by atoms with van der Waals surface area (Å²) in [5, 5.41) is 5.68. The van der Waals surface area contributed by atoms with Gasteiger partial charge in [0.05, 0.1) is 10.6 Å². The van der Waals surface area contributed by atoms with Crippen LogP contribution in [-0.2, 0) is 19.6 Å². The third-order valence-corrected chi connectivity index (χ3v) is 7.84. The minimum atomic E-state index is -3.62. The van der Waals surface area contributed by atoms with Crippen LogP contribution in [-0.4, -0.2) is 61.3 Å². The maximum atomic E-state index is 13.2. The molecule has 0 spiro atoms. The van der Waals surface area contributed by atoms with Gasteiger partial charge in [-0.1, -0.05) is 29.8 Å². The zero-order chi connectivity index (χ0) is 23.6. The van der Waals surface area contributed by atoms with Crippen molar-refractivity contribution in [1.82, 2.24) is 9.21 Å². The van der Waals surface area contributed by atoms with Crippen LogP contribution in [0.2, 0.25) is 0 Å². The number of nitrogens with zero attached hydrogens (tertiary/aromatic N) is 4. The first-order chi connectivity index (χ1) is 15.8. The number of hydrazone groups is 1. The van der Waals surface area contributed by atoms with Crippen molar-refractivity contribution in [2.45, 2.75) is 38.0 Å². The fourth-order valence-corrected chi connectivity index (χ4v) is 5.52. The van der Waals surface area contributed by atoms with Gasteiger partial charge in [-0.2, -0.15) is 9.41 Å². The molecule has 2 heterocycles. The Hall–Kier alpha value is -3.04. The van der Waals surface area contributed by atoms with E-state index in [1.807, 2.05) is 32.0 Å². The first-order valence-corrected chi connectivity index (χ1v) is 12.5. The molecule has 0 N–H and O–H groups in total. The fourth-order valence-electron chi connectivity index (χ4n) is 4.05. The van der Waals surface area contributed by atoms with Crippen molar-refractivity contribution in [2.24, 2.45) is 5.10 Å². The number of sulfonamides is 1. The molecule has 0 unspecified atom stereocenters. The molecule has 0 aliphatic carbocycles. The Bertz CT molecular complexity index is 1190. The minimum absolute atomic E-state index is 0.150. The van der Waals surface area contributed by atoms with Crippen molar-refractivity contribution >= 4 is 33.2 Å². The van der Waals surface area contributed by atoms with Gasteiger partial charge in [0.25, 0.3) is 5.91 Å². The Labute approximate surface area is 194 Å². The number of hydrogen-bond acceptors (Lipinski definition) is 5. The molecular weight excluding hydrogens is 440 g/mol. The molecule has 1 saturated heterocycles. The number of aryl methyl sites for hydroxylation is 2. The summed E-state index contributed by atoms with van der Waals surface area (Å²) in [6.07, 6.45) is 1.02. The molecule has 0 saturated carbocycles. The normalized spacial score (nSPS) is 18.1. The summed E-state index contributed by atoms with van der Waals surface area (Å²) in [7, 11) is -3.62. The van der Waals surface area contributed by atoms with Gasteiger partial charge in [0, 0.05) is 39.0 Å². The van der Waals surface area contributed by atoms with Crippen molar-refractivity contribution in [3.63, 3.8) is 0 Å². The molecule has 0 aromatic heterocycles. The average molecular weight is 469 g/mol. The third kappa shape index (κ3) is 4.99. The van der Waals surface area contributed by atoms with E-state index in [1.54, 1.807) is 35.2 Å². The number of rotatable bonds is 4. The fraction of sp³-hybridized carbons (Fsp3) is 0.375. The molecule has 4 rings (SSSR count). The van der Waals surface area contributed by atoms with Crippen LogP contribution in [0.25, 0.3) is 0 Å². The molecule has 174 valence electrons. The molecule has 2 aliphatic rings. The smallest absolute Gasteiger partial charge is 0.270 e. The van der Waals surface area contributed by atoms with Gasteiger partial charge in [-0.05, 0) is 50.1 Å². The lowest BCUT2D eigenvalue weighted by Crippen LogP contribution is -2.43. The highest BCUT2D eigenvalue weighted by Crippen LogP contribution is 2.23. The first-order valence-electron chi connectivity index (χ1n) is 11.1. The lowest BCUT2D eigenvalue weighted by molar-refractivity contribution is -0.124. The molecule has 2 aromatic rings. The van der Waals surface area contributed by atoms with Crippen molar-refractivity contribution in [1.29, 1.82) is 0 Å². The van der Waals surface area contributed by atoms with Crippen LogP contribution in [0.4, 0.5) is 5.69 Å². The predicted molar refractivity (Wildman–Crippen MR) is 126 cm³/mol. The van der Waals surface area contributed by atoms with E-state index >= 15 is 0 Å². The Morgan fingerprint density at radius 2 is 1.67 bits per heavy atom. The van der Waals surface area contributed by atoms with Gasteiger partial charge in [-0.15, -0.1) is 0 Å². The number of carbonyl (C=O) groups is 2. The van der Waals surface area contributed by atoms with E-state index in [9.17, 15) is 18.0 Å². The standard InChI is InChI=1S/C24H28N4O4S/c1-18-7-9-21(10-8-18)33(31,32)27-14-4-13-26(15-16-27)24(30)22-11-12-23(29)28(25-22)20-6-3-5-19(2)17-20/h3,5-10,17H,4,11-16H2,1-2H3. The monoisotopic (exact) mass is 468 g/mol. The van der Waals surface area contributed by atoms with Crippen LogP contribution in [0.1, 0.15) is 30.4 Å². The van der Waals surface area contributed by atoms with Gasteiger partial charge < -0.3 is 4.90 Å². The highest BCUT2D eigenvalue weighted by atomic mass is 32.2. The van der Waals surface area contributed by atoms with Gasteiger partial charge in [0.2, 0.25) is 15.9 Å². The highest BCUT2D eigenvalue weighted by molar-refractivity contribution is 7.89. The van der Waals surface area contributed by atoms with Crippen LogP contribution < -0.4 is 5.01 Å². The minimum Gasteiger partial charge on any atom is -0.336 e. The van der Waals surface area contributed by atoms with Crippen LogP contribution in [0.15, 0.2) is 58.5 Å². The molecule has 1 fully saturated rings. The van der Waals surface area contributed by atoms with Crippen molar-refractivity contribution in [2.75, 3.05) is 31.2 Å². The Morgan fingerprint density at radius 3 is 2.39 bits per heavy atom. The third-order valence-electron chi connectivity index (χ3n) is 5.93. The van der Waals surface area contributed by atoms with Crippen molar-refractivity contribution in [3.8, 4) is 0 Å². The molecule has 0 atom stereocenters. The summed E-state index contributed by atoms with van der Waals surface area (Å²) in [6.45, 7) is 5.13. The molecule has 2 aliphatic heterocycles. The van der Waals surface area contributed by atoms with E-state index in [2.05, 4.69) is 5.10 Å². The second-order valence-corrected chi connectivity index (χ2v) is 10.4. The maximum absolute atomic E-state index is 13.2. The summed E-state index contributed by atoms with van der Waals surface area (Å²) in [5.41, 5.74) is 2.95. The lowest BCUT2D eigenvalue weighted by atomic mass is 10.1. The summed E-state index contributed by atoms with van der Waals surface area (Å²) in [5.74, 6) is -0.391. The zero-order valence-corrected chi connectivity index (χ0v) is 19.7. The van der Waals surface area contributed by atoms with E-state index in [4.69, 9.17) is 0 Å². The maximum Gasteiger partial charge on any atom is 0.270 e. The molecule has 2 aromatic carbocycles. The molecule has 9 heteroatoms. The van der Waals surface area contributed by atoms with E-state index in [1.165, 1.54) is 9.31 Å². The topological polar surface area (TPSA) is 90.4 Å². The largest absolute Gasteiger partial charge is 0.336 e. The average Bonchev–Trinajstić information content (AvgIpc) is 3.06. The van der Waals surface area contributed by atoms with Crippen molar-refractivity contribution < 1.29 is 18.0 Å². The van der Waals surface area contributed by atoms with Gasteiger partial charge in [-0.3, -0.25) is 9.59 Å². The zero-order valence-electron chi connectivity index (χ0n) is 18.9. The molecular formula is C24H28N4O4S. The highest BCUT2D eigenvalue weighted by Gasteiger charge is 2.32. The summed E-state index contributed by atoms with van der Waals surface area (Å²) >= 11 is 0. The van der Waals surface area contributed by atoms with E-state index in [0.717, 1.165) is 11.1 Å². The van der Waals surface area contributed by atoms with Crippen LogP contribution in [0.3, 0.4) is 0 Å². The Kier molecular flexibility index (Phi) is 6.62. The number of hydrogen-bond donors (Lipinski definition) is 0. The number of carbonyl (C=O) groups excluding carboxylic acids is 2. The molecule has 33 heavy (non-hydrogen) atoms. The van der Waals surface area contributed by atoms with Gasteiger partial charge in [0.1, 0.15) is 5.71 Å². The summed E-state index contributed by atoms with van der Waals surface area (Å²) < 4.78 is 27.5. The predicted octanol–water partition coefficient (Wildman–Crippen LogP) is 2.71.